The average Bonchev–Trinajstić information content (AvgIpc) is 2.96. The first-order valence-electron chi connectivity index (χ1n) is 9.51. The first-order valence-corrected chi connectivity index (χ1v) is 10.3. The van der Waals surface area contributed by atoms with E-state index in [0.29, 0.717) is 31.1 Å². The molecule has 2 atom stereocenters. The standard InChI is InChI=1S/C19H28N4O2S.ClH/c1-4-20-12(3)10-21-16(24)8-7-15-22-18(25)17-13-6-5-11(2)9-14(13)26-19(17)23-15;/h11-12,20H,4-10H2,1-3H3,(H,21,24)(H,22,23,25);1H/t11?,12-;/m1./s1. The lowest BCUT2D eigenvalue weighted by Crippen LogP contribution is -2.38. The van der Waals surface area contributed by atoms with Gasteiger partial charge >= 0.3 is 0 Å². The van der Waals surface area contributed by atoms with E-state index in [0.717, 1.165) is 36.0 Å². The molecular formula is C19H29ClN4O2S. The number of thiophene rings is 1. The Bertz CT molecular complexity index is 848. The summed E-state index contributed by atoms with van der Waals surface area (Å²) >= 11 is 1.65. The van der Waals surface area contributed by atoms with Crippen LogP contribution in [-0.4, -0.2) is 35.0 Å². The monoisotopic (exact) mass is 412 g/mol. The summed E-state index contributed by atoms with van der Waals surface area (Å²) in [6, 6.07) is 0.248. The molecule has 1 unspecified atom stereocenters. The smallest absolute Gasteiger partial charge is 0.259 e. The predicted molar refractivity (Wildman–Crippen MR) is 113 cm³/mol. The summed E-state index contributed by atoms with van der Waals surface area (Å²) in [7, 11) is 0. The molecule has 8 heteroatoms. The molecule has 2 heterocycles. The number of carbonyl (C=O) groups excluding carboxylic acids is 1. The van der Waals surface area contributed by atoms with Crippen molar-refractivity contribution in [2.45, 2.75) is 58.9 Å². The maximum absolute atomic E-state index is 12.5. The molecule has 0 saturated carbocycles. The number of aromatic amines is 1. The van der Waals surface area contributed by atoms with Crippen molar-refractivity contribution in [2.75, 3.05) is 13.1 Å². The Morgan fingerprint density at radius 1 is 1.44 bits per heavy atom. The number of likely N-dealkylation sites (N-methyl/N-ethyl adjacent to an activating group) is 1. The van der Waals surface area contributed by atoms with E-state index in [2.05, 4.69) is 27.5 Å². The summed E-state index contributed by atoms with van der Waals surface area (Å²) in [6.45, 7) is 7.82. The van der Waals surface area contributed by atoms with Crippen LogP contribution < -0.4 is 16.2 Å². The Morgan fingerprint density at radius 2 is 2.22 bits per heavy atom. The van der Waals surface area contributed by atoms with Gasteiger partial charge in [-0.15, -0.1) is 23.7 Å². The zero-order chi connectivity index (χ0) is 18.7. The third-order valence-corrected chi connectivity index (χ3v) is 6.11. The number of H-pyrrole nitrogens is 1. The van der Waals surface area contributed by atoms with Crippen molar-refractivity contribution in [3.05, 3.63) is 26.6 Å². The third kappa shape index (κ3) is 5.30. The molecule has 0 spiro atoms. The normalized spacial score (nSPS) is 17.2. The van der Waals surface area contributed by atoms with Gasteiger partial charge < -0.3 is 15.6 Å². The molecule has 3 N–H and O–H groups in total. The van der Waals surface area contributed by atoms with Crippen molar-refractivity contribution in [3.8, 4) is 0 Å². The van der Waals surface area contributed by atoms with Gasteiger partial charge in [-0.2, -0.15) is 0 Å². The van der Waals surface area contributed by atoms with Crippen LogP contribution in [0.15, 0.2) is 4.79 Å². The number of rotatable bonds is 7. The van der Waals surface area contributed by atoms with Gasteiger partial charge in [-0.25, -0.2) is 4.98 Å². The quantitative estimate of drug-likeness (QED) is 0.652. The number of carbonyl (C=O) groups is 1. The number of hydrogen-bond donors (Lipinski definition) is 3. The van der Waals surface area contributed by atoms with Crippen molar-refractivity contribution >= 4 is 39.9 Å². The van der Waals surface area contributed by atoms with Gasteiger partial charge in [0.15, 0.2) is 0 Å². The van der Waals surface area contributed by atoms with Crippen LogP contribution in [0.3, 0.4) is 0 Å². The number of halogens is 1. The second-order valence-electron chi connectivity index (χ2n) is 7.31. The molecule has 1 amide bonds. The Kier molecular flexibility index (Phi) is 7.82. The van der Waals surface area contributed by atoms with Crippen molar-refractivity contribution < 1.29 is 4.79 Å². The van der Waals surface area contributed by atoms with Crippen LogP contribution in [0.4, 0.5) is 0 Å². The SMILES string of the molecule is CCN[C@H](C)CNC(=O)CCc1nc2sc3c(c2c(=O)[nH]1)CCC(C)C3.Cl. The van der Waals surface area contributed by atoms with Gasteiger partial charge in [0, 0.05) is 30.3 Å². The second kappa shape index (κ2) is 9.66. The van der Waals surface area contributed by atoms with Crippen LogP contribution in [0, 0.1) is 5.92 Å². The molecular weight excluding hydrogens is 384 g/mol. The molecule has 0 aromatic carbocycles. The minimum absolute atomic E-state index is 0. The summed E-state index contributed by atoms with van der Waals surface area (Å²) in [5.74, 6) is 1.25. The molecule has 2 aromatic rings. The van der Waals surface area contributed by atoms with Gasteiger partial charge in [0.2, 0.25) is 5.91 Å². The summed E-state index contributed by atoms with van der Waals surface area (Å²) in [5, 5.41) is 6.94. The molecule has 150 valence electrons. The topological polar surface area (TPSA) is 86.9 Å². The van der Waals surface area contributed by atoms with E-state index in [1.54, 1.807) is 11.3 Å². The maximum atomic E-state index is 12.5. The molecule has 0 aliphatic heterocycles. The van der Waals surface area contributed by atoms with Crippen LogP contribution in [-0.2, 0) is 24.1 Å². The zero-order valence-electron chi connectivity index (χ0n) is 16.2. The minimum Gasteiger partial charge on any atom is -0.355 e. The fourth-order valence-electron chi connectivity index (χ4n) is 3.52. The van der Waals surface area contributed by atoms with Gasteiger partial charge in [-0.05, 0) is 44.2 Å². The predicted octanol–water partition coefficient (Wildman–Crippen LogP) is 2.58. The summed E-state index contributed by atoms with van der Waals surface area (Å²) in [4.78, 5) is 34.2. The van der Waals surface area contributed by atoms with Crippen LogP contribution in [0.2, 0.25) is 0 Å². The Morgan fingerprint density at radius 3 is 2.96 bits per heavy atom. The Balaban J connectivity index is 0.00000261. The molecule has 1 aliphatic rings. The van der Waals surface area contributed by atoms with Crippen molar-refractivity contribution in [1.29, 1.82) is 0 Å². The highest BCUT2D eigenvalue weighted by atomic mass is 35.5. The number of fused-ring (bicyclic) bond motifs is 3. The number of nitrogens with one attached hydrogen (secondary N) is 3. The fourth-order valence-corrected chi connectivity index (χ4v) is 4.92. The van der Waals surface area contributed by atoms with E-state index < -0.39 is 0 Å². The van der Waals surface area contributed by atoms with Crippen molar-refractivity contribution in [3.63, 3.8) is 0 Å². The molecule has 27 heavy (non-hydrogen) atoms. The number of nitrogens with zero attached hydrogens (tertiary/aromatic N) is 1. The first-order chi connectivity index (χ1) is 12.5. The molecule has 0 fully saturated rings. The summed E-state index contributed by atoms with van der Waals surface area (Å²) in [5.41, 5.74) is 1.14. The lowest BCUT2D eigenvalue weighted by atomic mass is 9.89. The highest BCUT2D eigenvalue weighted by Crippen LogP contribution is 2.35. The number of aryl methyl sites for hydroxylation is 2. The van der Waals surface area contributed by atoms with E-state index in [-0.39, 0.29) is 29.9 Å². The summed E-state index contributed by atoms with van der Waals surface area (Å²) in [6.07, 6.45) is 3.91. The maximum Gasteiger partial charge on any atom is 0.259 e. The molecule has 2 aromatic heterocycles. The highest BCUT2D eigenvalue weighted by molar-refractivity contribution is 7.18. The molecule has 0 bridgehead atoms. The molecule has 1 aliphatic carbocycles. The first kappa shape index (κ1) is 21.9. The van der Waals surface area contributed by atoms with E-state index >= 15 is 0 Å². The molecule has 0 saturated heterocycles. The van der Waals surface area contributed by atoms with Gasteiger partial charge in [0.05, 0.1) is 5.39 Å². The van der Waals surface area contributed by atoms with E-state index in [1.807, 2.05) is 13.8 Å². The third-order valence-electron chi connectivity index (χ3n) is 4.96. The minimum atomic E-state index is -0.0572. The Labute approximate surface area is 170 Å². The average molecular weight is 413 g/mol. The van der Waals surface area contributed by atoms with Crippen LogP contribution >= 0.6 is 23.7 Å². The number of aromatic nitrogens is 2. The van der Waals surface area contributed by atoms with Gasteiger partial charge in [0.25, 0.3) is 5.56 Å². The highest BCUT2D eigenvalue weighted by Gasteiger charge is 2.23. The second-order valence-corrected chi connectivity index (χ2v) is 8.39. The van der Waals surface area contributed by atoms with Crippen LogP contribution in [0.1, 0.15) is 49.9 Å². The molecule has 3 rings (SSSR count). The zero-order valence-corrected chi connectivity index (χ0v) is 17.8. The largest absolute Gasteiger partial charge is 0.355 e. The van der Waals surface area contributed by atoms with Crippen LogP contribution in [0.5, 0.6) is 0 Å². The summed E-state index contributed by atoms with van der Waals surface area (Å²) < 4.78 is 0. The number of amides is 1. The fraction of sp³-hybridized carbons (Fsp3) is 0.632. The molecule has 6 nitrogen and oxygen atoms in total. The molecule has 0 radical (unpaired) electrons. The van der Waals surface area contributed by atoms with E-state index in [9.17, 15) is 9.59 Å². The lowest BCUT2D eigenvalue weighted by Gasteiger charge is -2.17. The van der Waals surface area contributed by atoms with Crippen LogP contribution in [0.25, 0.3) is 10.2 Å². The number of hydrogen-bond acceptors (Lipinski definition) is 5. The van der Waals surface area contributed by atoms with Gasteiger partial charge in [-0.1, -0.05) is 13.8 Å². The van der Waals surface area contributed by atoms with E-state index in [1.165, 1.54) is 10.4 Å². The van der Waals surface area contributed by atoms with Crippen molar-refractivity contribution in [1.82, 2.24) is 20.6 Å². The van der Waals surface area contributed by atoms with Gasteiger partial charge in [-0.3, -0.25) is 9.59 Å². The lowest BCUT2D eigenvalue weighted by molar-refractivity contribution is -0.121. The van der Waals surface area contributed by atoms with Gasteiger partial charge in [0.1, 0.15) is 10.7 Å². The van der Waals surface area contributed by atoms with E-state index in [4.69, 9.17) is 0 Å². The Hall–Kier alpha value is -1.44. The van der Waals surface area contributed by atoms with Crippen molar-refractivity contribution in [2.24, 2.45) is 5.92 Å².